The maximum absolute atomic E-state index is 12.0. The lowest BCUT2D eigenvalue weighted by Crippen LogP contribution is -2.44. The van der Waals surface area contributed by atoms with Crippen molar-refractivity contribution in [1.29, 1.82) is 0 Å². The quantitative estimate of drug-likeness (QED) is 0.899. The van der Waals surface area contributed by atoms with Crippen molar-refractivity contribution in [2.75, 3.05) is 13.6 Å². The van der Waals surface area contributed by atoms with Crippen LogP contribution in [0.25, 0.3) is 0 Å². The van der Waals surface area contributed by atoms with Crippen LogP contribution in [0.1, 0.15) is 37.5 Å². The van der Waals surface area contributed by atoms with E-state index < -0.39 is 0 Å². The van der Waals surface area contributed by atoms with Crippen LogP contribution in [0.4, 0.5) is 0 Å². The second-order valence-electron chi connectivity index (χ2n) is 5.69. The van der Waals surface area contributed by atoms with Crippen LogP contribution < -0.4 is 5.32 Å². The minimum Gasteiger partial charge on any atom is -0.352 e. The SMILES string of the molecule is C[C@H]1CCCC[C@H]1NC(=O)CN(C)Cc1cccs1. The maximum atomic E-state index is 12.0. The van der Waals surface area contributed by atoms with Crippen LogP contribution in [0, 0.1) is 5.92 Å². The van der Waals surface area contributed by atoms with E-state index in [1.165, 1.54) is 24.1 Å². The van der Waals surface area contributed by atoms with Gasteiger partial charge in [-0.2, -0.15) is 0 Å². The fourth-order valence-corrected chi connectivity index (χ4v) is 3.54. The predicted octanol–water partition coefficient (Wildman–Crippen LogP) is 2.87. The molecule has 1 aliphatic rings. The fourth-order valence-electron chi connectivity index (χ4n) is 2.75. The van der Waals surface area contributed by atoms with Crippen LogP contribution in [-0.4, -0.2) is 30.4 Å². The molecule has 1 amide bonds. The van der Waals surface area contributed by atoms with Gasteiger partial charge in [0.2, 0.25) is 5.91 Å². The molecule has 1 N–H and O–H groups in total. The van der Waals surface area contributed by atoms with Crippen molar-refractivity contribution in [3.05, 3.63) is 22.4 Å². The molecule has 0 unspecified atom stereocenters. The summed E-state index contributed by atoms with van der Waals surface area (Å²) in [4.78, 5) is 15.4. The summed E-state index contributed by atoms with van der Waals surface area (Å²) in [5.74, 6) is 0.790. The Kier molecular flexibility index (Phi) is 5.40. The molecule has 2 rings (SSSR count). The Bertz CT molecular complexity index is 391. The van der Waals surface area contributed by atoms with Crippen molar-refractivity contribution in [2.24, 2.45) is 5.92 Å². The predicted molar refractivity (Wildman–Crippen MR) is 80.2 cm³/mol. The molecule has 4 heteroatoms. The molecule has 3 nitrogen and oxygen atoms in total. The number of nitrogens with zero attached hydrogens (tertiary/aromatic N) is 1. The van der Waals surface area contributed by atoms with E-state index in [-0.39, 0.29) is 5.91 Å². The van der Waals surface area contributed by atoms with Gasteiger partial charge in [-0.15, -0.1) is 11.3 Å². The second kappa shape index (κ2) is 7.06. The molecule has 1 heterocycles. The lowest BCUT2D eigenvalue weighted by atomic mass is 9.86. The lowest BCUT2D eigenvalue weighted by Gasteiger charge is -2.30. The fraction of sp³-hybridized carbons (Fsp3) is 0.667. The van der Waals surface area contributed by atoms with Crippen LogP contribution in [0.3, 0.4) is 0 Å². The molecule has 0 radical (unpaired) electrons. The van der Waals surface area contributed by atoms with Gasteiger partial charge in [0, 0.05) is 17.5 Å². The number of carbonyl (C=O) groups excluding carboxylic acids is 1. The Morgan fingerprint density at radius 3 is 2.95 bits per heavy atom. The van der Waals surface area contributed by atoms with E-state index >= 15 is 0 Å². The number of carbonyl (C=O) groups is 1. The largest absolute Gasteiger partial charge is 0.352 e. The van der Waals surface area contributed by atoms with Crippen molar-refractivity contribution in [3.63, 3.8) is 0 Å². The van der Waals surface area contributed by atoms with E-state index in [0.29, 0.717) is 18.5 Å². The summed E-state index contributed by atoms with van der Waals surface area (Å²) >= 11 is 1.74. The minimum atomic E-state index is 0.165. The monoisotopic (exact) mass is 280 g/mol. The number of hydrogen-bond acceptors (Lipinski definition) is 3. The molecule has 1 saturated carbocycles. The van der Waals surface area contributed by atoms with E-state index in [9.17, 15) is 4.79 Å². The van der Waals surface area contributed by atoms with Crippen molar-refractivity contribution >= 4 is 17.2 Å². The molecular formula is C15H24N2OS. The van der Waals surface area contributed by atoms with Crippen LogP contribution in [0.2, 0.25) is 0 Å². The van der Waals surface area contributed by atoms with Gasteiger partial charge in [0.15, 0.2) is 0 Å². The second-order valence-corrected chi connectivity index (χ2v) is 6.72. The van der Waals surface area contributed by atoms with E-state index in [2.05, 4.69) is 34.7 Å². The third-order valence-corrected chi connectivity index (χ3v) is 4.74. The topological polar surface area (TPSA) is 32.3 Å². The van der Waals surface area contributed by atoms with Crippen molar-refractivity contribution in [3.8, 4) is 0 Å². The minimum absolute atomic E-state index is 0.165. The normalized spacial score (nSPS) is 23.5. The van der Waals surface area contributed by atoms with Gasteiger partial charge in [-0.25, -0.2) is 0 Å². The molecule has 1 aromatic heterocycles. The number of thiophene rings is 1. The van der Waals surface area contributed by atoms with E-state index in [1.54, 1.807) is 11.3 Å². The van der Waals surface area contributed by atoms with Gasteiger partial charge in [-0.05, 0) is 37.3 Å². The summed E-state index contributed by atoms with van der Waals surface area (Å²) in [5, 5.41) is 5.28. The highest BCUT2D eigenvalue weighted by molar-refractivity contribution is 7.09. The summed E-state index contributed by atoms with van der Waals surface area (Å²) in [5.41, 5.74) is 0. The number of hydrogen-bond donors (Lipinski definition) is 1. The molecule has 1 fully saturated rings. The first kappa shape index (κ1) is 14.5. The Balaban J connectivity index is 1.74. The Hall–Kier alpha value is -0.870. The zero-order valence-corrected chi connectivity index (χ0v) is 12.7. The third kappa shape index (κ3) is 4.62. The lowest BCUT2D eigenvalue weighted by molar-refractivity contribution is -0.123. The average molecular weight is 280 g/mol. The van der Waals surface area contributed by atoms with Gasteiger partial charge in [-0.3, -0.25) is 9.69 Å². The molecule has 106 valence electrons. The van der Waals surface area contributed by atoms with Crippen LogP contribution in [0.15, 0.2) is 17.5 Å². The van der Waals surface area contributed by atoms with Gasteiger partial charge in [0.25, 0.3) is 0 Å². The number of likely N-dealkylation sites (N-methyl/N-ethyl adjacent to an activating group) is 1. The molecular weight excluding hydrogens is 256 g/mol. The summed E-state index contributed by atoms with van der Waals surface area (Å²) < 4.78 is 0. The molecule has 2 atom stereocenters. The first-order valence-corrected chi connectivity index (χ1v) is 8.03. The first-order chi connectivity index (χ1) is 9.15. The van der Waals surface area contributed by atoms with Crippen LogP contribution in [0.5, 0.6) is 0 Å². The number of nitrogens with one attached hydrogen (secondary N) is 1. The molecule has 0 saturated heterocycles. The Morgan fingerprint density at radius 1 is 1.47 bits per heavy atom. The number of amides is 1. The molecule has 0 aliphatic heterocycles. The summed E-state index contributed by atoms with van der Waals surface area (Å²) in [7, 11) is 2.00. The first-order valence-electron chi connectivity index (χ1n) is 7.15. The van der Waals surface area contributed by atoms with Crippen LogP contribution >= 0.6 is 11.3 Å². The van der Waals surface area contributed by atoms with Gasteiger partial charge in [0.1, 0.15) is 0 Å². The highest BCUT2D eigenvalue weighted by Gasteiger charge is 2.22. The van der Waals surface area contributed by atoms with Crippen molar-refractivity contribution in [1.82, 2.24) is 10.2 Å². The molecule has 19 heavy (non-hydrogen) atoms. The third-order valence-electron chi connectivity index (χ3n) is 3.88. The molecule has 0 aromatic carbocycles. The molecule has 0 spiro atoms. The van der Waals surface area contributed by atoms with Crippen molar-refractivity contribution < 1.29 is 4.79 Å². The summed E-state index contributed by atoms with van der Waals surface area (Å²) in [6, 6.07) is 4.55. The van der Waals surface area contributed by atoms with Gasteiger partial charge in [0.05, 0.1) is 6.54 Å². The highest BCUT2D eigenvalue weighted by atomic mass is 32.1. The Labute approximate surface area is 120 Å². The van der Waals surface area contributed by atoms with E-state index in [0.717, 1.165) is 13.0 Å². The zero-order valence-electron chi connectivity index (χ0n) is 11.9. The maximum Gasteiger partial charge on any atom is 0.234 e. The highest BCUT2D eigenvalue weighted by Crippen LogP contribution is 2.23. The van der Waals surface area contributed by atoms with Crippen LogP contribution in [-0.2, 0) is 11.3 Å². The van der Waals surface area contributed by atoms with Crippen molar-refractivity contribution in [2.45, 2.75) is 45.2 Å². The van der Waals surface area contributed by atoms with Gasteiger partial charge in [-0.1, -0.05) is 25.8 Å². The standard InChI is InChI=1S/C15H24N2OS/c1-12-6-3-4-8-14(12)16-15(18)11-17(2)10-13-7-5-9-19-13/h5,7,9,12,14H,3-4,6,8,10-11H2,1-2H3,(H,16,18)/t12-,14+/m0/s1. The summed E-state index contributed by atoms with van der Waals surface area (Å²) in [6.07, 6.45) is 4.95. The zero-order chi connectivity index (χ0) is 13.7. The Morgan fingerprint density at radius 2 is 2.26 bits per heavy atom. The van der Waals surface area contributed by atoms with Gasteiger partial charge >= 0.3 is 0 Å². The van der Waals surface area contributed by atoms with E-state index in [4.69, 9.17) is 0 Å². The molecule has 1 aliphatic carbocycles. The average Bonchev–Trinajstić information content (AvgIpc) is 2.84. The molecule has 0 bridgehead atoms. The number of rotatable bonds is 5. The smallest absolute Gasteiger partial charge is 0.234 e. The molecule has 1 aromatic rings. The van der Waals surface area contributed by atoms with Gasteiger partial charge < -0.3 is 5.32 Å². The summed E-state index contributed by atoms with van der Waals surface area (Å²) in [6.45, 7) is 3.59. The van der Waals surface area contributed by atoms with E-state index in [1.807, 2.05) is 7.05 Å².